The van der Waals surface area contributed by atoms with Gasteiger partial charge in [0, 0.05) is 5.41 Å². The van der Waals surface area contributed by atoms with Crippen LogP contribution in [0, 0.1) is 17.3 Å². The van der Waals surface area contributed by atoms with Crippen molar-refractivity contribution in [2.75, 3.05) is 0 Å². The highest BCUT2D eigenvalue weighted by Crippen LogP contribution is 2.63. The lowest BCUT2D eigenvalue weighted by atomic mass is 9.48. The van der Waals surface area contributed by atoms with E-state index in [2.05, 4.69) is 32.1 Å². The van der Waals surface area contributed by atoms with Crippen molar-refractivity contribution in [2.24, 2.45) is 17.3 Å². The summed E-state index contributed by atoms with van der Waals surface area (Å²) in [5.74, 6) is 1.62. The fourth-order valence-electron chi connectivity index (χ4n) is 6.26. The molecule has 0 aliphatic heterocycles. The molecule has 5 atom stereocenters. The fourth-order valence-corrected chi connectivity index (χ4v) is 6.26. The van der Waals surface area contributed by atoms with Gasteiger partial charge in [0.25, 0.3) is 0 Å². The average Bonchev–Trinajstić information content (AvgIpc) is 2.81. The summed E-state index contributed by atoms with van der Waals surface area (Å²) in [4.78, 5) is 0. The Morgan fingerprint density at radius 3 is 2.83 bits per heavy atom. The standard InChI is InChI=1S/C21H28O2/c1-3-8-21-10-9-20(2)13-16(23)12-19(20)18(21)6-4-14-11-15(22)5-7-17(14)21/h3,5,7-8,11,16,18-19,22-23H,4,6,9-10,12-13H2,1-2H3/b8-3-/t16-,18+,19+,20-,21-/m1/s1. The molecule has 3 aliphatic rings. The second kappa shape index (κ2) is 5.11. The number of aromatic hydroxyl groups is 1. The summed E-state index contributed by atoms with van der Waals surface area (Å²) in [7, 11) is 0. The molecular weight excluding hydrogens is 284 g/mol. The average molecular weight is 312 g/mol. The summed E-state index contributed by atoms with van der Waals surface area (Å²) in [6.45, 7) is 4.53. The zero-order valence-corrected chi connectivity index (χ0v) is 14.3. The number of benzene rings is 1. The third-order valence-corrected chi connectivity index (χ3v) is 7.16. The van der Waals surface area contributed by atoms with Crippen LogP contribution < -0.4 is 0 Å². The zero-order valence-electron chi connectivity index (χ0n) is 14.3. The third-order valence-electron chi connectivity index (χ3n) is 7.16. The largest absolute Gasteiger partial charge is 0.508 e. The second-order valence-corrected chi connectivity index (χ2v) is 8.38. The van der Waals surface area contributed by atoms with Gasteiger partial charge in [-0.3, -0.25) is 0 Å². The Balaban J connectivity index is 1.84. The first kappa shape index (κ1) is 15.3. The Hall–Kier alpha value is -1.28. The van der Waals surface area contributed by atoms with Gasteiger partial charge in [-0.25, -0.2) is 0 Å². The molecule has 0 amide bonds. The molecule has 3 aliphatic carbocycles. The van der Waals surface area contributed by atoms with Gasteiger partial charge in [-0.05, 0) is 86.0 Å². The summed E-state index contributed by atoms with van der Waals surface area (Å²) >= 11 is 0. The number of hydrogen-bond acceptors (Lipinski definition) is 2. The van der Waals surface area contributed by atoms with E-state index in [0.29, 0.717) is 23.0 Å². The molecule has 0 aromatic heterocycles. The van der Waals surface area contributed by atoms with Gasteiger partial charge in [-0.2, -0.15) is 0 Å². The van der Waals surface area contributed by atoms with E-state index in [-0.39, 0.29) is 11.5 Å². The maximum atomic E-state index is 10.3. The van der Waals surface area contributed by atoms with Crippen molar-refractivity contribution in [1.29, 1.82) is 0 Å². The predicted molar refractivity (Wildman–Crippen MR) is 92.5 cm³/mol. The van der Waals surface area contributed by atoms with Gasteiger partial charge in [0.05, 0.1) is 6.10 Å². The summed E-state index contributed by atoms with van der Waals surface area (Å²) in [6.07, 6.45) is 11.0. The minimum atomic E-state index is -0.118. The quantitative estimate of drug-likeness (QED) is 0.757. The van der Waals surface area contributed by atoms with E-state index in [4.69, 9.17) is 0 Å². The van der Waals surface area contributed by atoms with Crippen LogP contribution in [0.5, 0.6) is 5.75 Å². The summed E-state index contributed by atoms with van der Waals surface area (Å²) in [5, 5.41) is 20.2. The number of phenolic OH excluding ortho intramolecular Hbond substituents is 1. The lowest BCUT2D eigenvalue weighted by molar-refractivity contribution is 0.0275. The predicted octanol–water partition coefficient (Wildman–Crippen LogP) is 4.34. The van der Waals surface area contributed by atoms with Crippen molar-refractivity contribution in [3.05, 3.63) is 41.5 Å². The SMILES string of the molecule is C/C=C\[C@]12CC[C@]3(C)C[C@H](O)C[C@H]3[C@@H]1CCc1cc(O)ccc12. The molecule has 0 saturated heterocycles. The van der Waals surface area contributed by atoms with Crippen LogP contribution in [-0.2, 0) is 11.8 Å². The van der Waals surface area contributed by atoms with E-state index in [0.717, 1.165) is 19.3 Å². The Labute approximate surface area is 139 Å². The molecule has 2 heteroatoms. The molecule has 0 radical (unpaired) electrons. The number of aryl methyl sites for hydroxylation is 1. The van der Waals surface area contributed by atoms with Crippen LogP contribution in [0.2, 0.25) is 0 Å². The highest BCUT2D eigenvalue weighted by Gasteiger charge is 2.57. The van der Waals surface area contributed by atoms with Crippen molar-refractivity contribution >= 4 is 0 Å². The van der Waals surface area contributed by atoms with Gasteiger partial charge in [-0.1, -0.05) is 25.1 Å². The molecular formula is C21H28O2. The molecule has 2 nitrogen and oxygen atoms in total. The molecule has 0 unspecified atom stereocenters. The van der Waals surface area contributed by atoms with Gasteiger partial charge in [0.15, 0.2) is 0 Å². The third kappa shape index (κ3) is 2.11. The van der Waals surface area contributed by atoms with E-state index >= 15 is 0 Å². The molecule has 0 heterocycles. The highest BCUT2D eigenvalue weighted by atomic mass is 16.3. The van der Waals surface area contributed by atoms with E-state index in [1.54, 1.807) is 0 Å². The Morgan fingerprint density at radius 1 is 1.22 bits per heavy atom. The van der Waals surface area contributed by atoms with Crippen LogP contribution in [0.4, 0.5) is 0 Å². The van der Waals surface area contributed by atoms with Gasteiger partial charge in [0.1, 0.15) is 5.75 Å². The number of rotatable bonds is 1. The summed E-state index contributed by atoms with van der Waals surface area (Å²) in [6, 6.07) is 5.97. The maximum Gasteiger partial charge on any atom is 0.115 e. The number of aliphatic hydroxyl groups is 1. The topological polar surface area (TPSA) is 40.5 Å². The van der Waals surface area contributed by atoms with Crippen molar-refractivity contribution in [1.82, 2.24) is 0 Å². The Bertz CT molecular complexity index is 649. The van der Waals surface area contributed by atoms with Crippen LogP contribution in [-0.4, -0.2) is 16.3 Å². The fraction of sp³-hybridized carbons (Fsp3) is 0.619. The monoisotopic (exact) mass is 312 g/mol. The van der Waals surface area contributed by atoms with Crippen LogP contribution >= 0.6 is 0 Å². The van der Waals surface area contributed by atoms with Gasteiger partial charge in [0.2, 0.25) is 0 Å². The smallest absolute Gasteiger partial charge is 0.115 e. The minimum Gasteiger partial charge on any atom is -0.508 e. The summed E-state index contributed by atoms with van der Waals surface area (Å²) < 4.78 is 0. The normalized spacial score (nSPS) is 42.3. The maximum absolute atomic E-state index is 10.3. The van der Waals surface area contributed by atoms with Gasteiger partial charge in [-0.15, -0.1) is 0 Å². The number of allylic oxidation sites excluding steroid dienone is 2. The van der Waals surface area contributed by atoms with Crippen LogP contribution in [0.15, 0.2) is 30.4 Å². The second-order valence-electron chi connectivity index (χ2n) is 8.38. The number of phenols is 1. The first-order valence-electron chi connectivity index (χ1n) is 9.13. The highest BCUT2D eigenvalue weighted by molar-refractivity contribution is 5.46. The molecule has 124 valence electrons. The molecule has 1 aromatic carbocycles. The van der Waals surface area contributed by atoms with Gasteiger partial charge < -0.3 is 10.2 Å². The van der Waals surface area contributed by atoms with Crippen molar-refractivity contribution < 1.29 is 10.2 Å². The first-order chi connectivity index (χ1) is 11.0. The van der Waals surface area contributed by atoms with Crippen molar-refractivity contribution in [3.8, 4) is 5.75 Å². The zero-order chi connectivity index (χ0) is 16.2. The lowest BCUT2D eigenvalue weighted by Gasteiger charge is -2.55. The molecule has 2 saturated carbocycles. The van der Waals surface area contributed by atoms with Crippen molar-refractivity contribution in [2.45, 2.75) is 63.9 Å². The first-order valence-corrected chi connectivity index (χ1v) is 9.13. The van der Waals surface area contributed by atoms with Crippen LogP contribution in [0.25, 0.3) is 0 Å². The van der Waals surface area contributed by atoms with Crippen LogP contribution in [0.3, 0.4) is 0 Å². The van der Waals surface area contributed by atoms with E-state index in [1.165, 1.54) is 30.4 Å². The molecule has 23 heavy (non-hydrogen) atoms. The number of hydrogen-bond donors (Lipinski definition) is 2. The van der Waals surface area contributed by atoms with E-state index in [1.807, 2.05) is 12.1 Å². The lowest BCUT2D eigenvalue weighted by Crippen LogP contribution is -2.49. The summed E-state index contributed by atoms with van der Waals surface area (Å²) in [5.41, 5.74) is 3.16. The number of aliphatic hydroxyl groups excluding tert-OH is 1. The molecule has 1 aromatic rings. The van der Waals surface area contributed by atoms with Crippen LogP contribution in [0.1, 0.15) is 57.1 Å². The van der Waals surface area contributed by atoms with E-state index in [9.17, 15) is 10.2 Å². The van der Waals surface area contributed by atoms with Gasteiger partial charge >= 0.3 is 0 Å². The number of fused-ring (bicyclic) bond motifs is 5. The molecule has 2 N–H and O–H groups in total. The van der Waals surface area contributed by atoms with E-state index < -0.39 is 0 Å². The molecule has 0 spiro atoms. The molecule has 4 rings (SSSR count). The van der Waals surface area contributed by atoms with Crippen molar-refractivity contribution in [3.63, 3.8) is 0 Å². The molecule has 2 fully saturated rings. The molecule has 0 bridgehead atoms. The Morgan fingerprint density at radius 2 is 2.04 bits per heavy atom. The Kier molecular flexibility index (Phi) is 3.39. The minimum absolute atomic E-state index is 0.101.